The summed E-state index contributed by atoms with van der Waals surface area (Å²) in [5.74, 6) is 3.11. The number of rotatable bonds is 3. The predicted molar refractivity (Wildman–Crippen MR) is 85.2 cm³/mol. The van der Waals surface area contributed by atoms with Gasteiger partial charge in [0.2, 0.25) is 0 Å². The van der Waals surface area contributed by atoms with Crippen molar-refractivity contribution in [3.8, 4) is 0 Å². The van der Waals surface area contributed by atoms with Crippen LogP contribution in [0.4, 0.5) is 0 Å². The summed E-state index contributed by atoms with van der Waals surface area (Å²) in [5.41, 5.74) is 6.32. The van der Waals surface area contributed by atoms with E-state index in [1.807, 2.05) is 0 Å². The lowest BCUT2D eigenvalue weighted by molar-refractivity contribution is 0.219. The topological polar surface area (TPSA) is 56.7 Å². The van der Waals surface area contributed by atoms with E-state index in [4.69, 9.17) is 5.73 Å². The van der Waals surface area contributed by atoms with Crippen LogP contribution in [0.1, 0.15) is 82.4 Å². The molecule has 118 valence electrons. The molecule has 0 aliphatic heterocycles. The molecule has 4 heteroatoms. The van der Waals surface area contributed by atoms with Crippen LogP contribution >= 0.6 is 0 Å². The lowest BCUT2D eigenvalue weighted by Crippen LogP contribution is -2.41. The Hall–Kier alpha value is -0.900. The monoisotopic (exact) mass is 290 g/mol. The van der Waals surface area contributed by atoms with Crippen molar-refractivity contribution in [2.45, 2.75) is 83.1 Å². The molecule has 4 nitrogen and oxygen atoms in total. The molecule has 1 heterocycles. The number of hydrogen-bond acceptors (Lipinski definition) is 3. The van der Waals surface area contributed by atoms with E-state index in [9.17, 15) is 0 Å². The first-order chi connectivity index (χ1) is 10.2. The van der Waals surface area contributed by atoms with Gasteiger partial charge in [0.1, 0.15) is 11.6 Å². The molecule has 0 aromatic carbocycles. The van der Waals surface area contributed by atoms with Crippen molar-refractivity contribution in [3.05, 3.63) is 11.6 Å². The minimum atomic E-state index is 0.0746. The normalized spacial score (nSPS) is 31.5. The van der Waals surface area contributed by atoms with Crippen molar-refractivity contribution in [3.63, 3.8) is 0 Å². The van der Waals surface area contributed by atoms with Crippen molar-refractivity contribution >= 4 is 0 Å². The first-order valence-corrected chi connectivity index (χ1v) is 8.78. The van der Waals surface area contributed by atoms with Crippen LogP contribution in [0.15, 0.2) is 0 Å². The van der Waals surface area contributed by atoms with Gasteiger partial charge >= 0.3 is 0 Å². The minimum Gasteiger partial charge on any atom is -0.329 e. The van der Waals surface area contributed by atoms with Gasteiger partial charge in [0, 0.05) is 18.0 Å². The maximum absolute atomic E-state index is 6.24. The third-order valence-corrected chi connectivity index (χ3v) is 5.90. The lowest BCUT2D eigenvalue weighted by Gasteiger charge is -2.39. The van der Waals surface area contributed by atoms with Gasteiger partial charge in [-0.1, -0.05) is 26.2 Å². The molecule has 2 fully saturated rings. The zero-order valence-electron chi connectivity index (χ0n) is 13.6. The van der Waals surface area contributed by atoms with Crippen LogP contribution in [0.2, 0.25) is 0 Å². The second-order valence-electron chi connectivity index (χ2n) is 7.40. The molecule has 21 heavy (non-hydrogen) atoms. The zero-order valence-corrected chi connectivity index (χ0v) is 13.6. The van der Waals surface area contributed by atoms with Crippen molar-refractivity contribution in [2.24, 2.45) is 11.7 Å². The summed E-state index contributed by atoms with van der Waals surface area (Å²) >= 11 is 0. The Balaban J connectivity index is 1.93. The molecule has 2 N–H and O–H groups in total. The van der Waals surface area contributed by atoms with E-state index >= 15 is 0 Å². The van der Waals surface area contributed by atoms with Gasteiger partial charge < -0.3 is 10.3 Å². The van der Waals surface area contributed by atoms with Gasteiger partial charge in [0.05, 0.1) is 0 Å². The molecule has 0 amide bonds. The zero-order chi connectivity index (χ0) is 14.9. The molecule has 1 aromatic heterocycles. The highest BCUT2D eigenvalue weighted by Crippen LogP contribution is 2.42. The Morgan fingerprint density at radius 3 is 2.38 bits per heavy atom. The van der Waals surface area contributed by atoms with E-state index in [0.717, 1.165) is 11.7 Å². The standard InChI is InChI=1S/C17H30N4/c1-13-8-10-17(12-18,11-9-13)16-20-19-14(2)21(16)15-6-4-3-5-7-15/h13,15H,3-12,18H2,1-2H3. The second-order valence-corrected chi connectivity index (χ2v) is 7.40. The highest BCUT2D eigenvalue weighted by Gasteiger charge is 2.40. The van der Waals surface area contributed by atoms with Crippen LogP contribution in [0.5, 0.6) is 0 Å². The van der Waals surface area contributed by atoms with Crippen LogP contribution in [0.25, 0.3) is 0 Å². The largest absolute Gasteiger partial charge is 0.329 e. The summed E-state index contributed by atoms with van der Waals surface area (Å²) in [7, 11) is 0. The van der Waals surface area contributed by atoms with Crippen molar-refractivity contribution < 1.29 is 0 Å². The van der Waals surface area contributed by atoms with E-state index in [2.05, 4.69) is 28.6 Å². The van der Waals surface area contributed by atoms with E-state index in [-0.39, 0.29) is 5.41 Å². The van der Waals surface area contributed by atoms with Crippen LogP contribution in [0.3, 0.4) is 0 Å². The van der Waals surface area contributed by atoms with Gasteiger partial charge in [-0.3, -0.25) is 0 Å². The average molecular weight is 290 g/mol. The van der Waals surface area contributed by atoms with Crippen LogP contribution in [-0.2, 0) is 5.41 Å². The molecule has 0 bridgehead atoms. The maximum atomic E-state index is 6.24. The Labute approximate surface area is 128 Å². The summed E-state index contributed by atoms with van der Waals surface area (Å²) in [6.45, 7) is 5.18. The Morgan fingerprint density at radius 1 is 1.10 bits per heavy atom. The number of aromatic nitrogens is 3. The first kappa shape index (κ1) is 15.0. The molecule has 3 rings (SSSR count). The van der Waals surface area contributed by atoms with E-state index < -0.39 is 0 Å². The number of hydrogen-bond donors (Lipinski definition) is 1. The van der Waals surface area contributed by atoms with Gasteiger partial charge in [0.15, 0.2) is 0 Å². The maximum Gasteiger partial charge on any atom is 0.140 e. The van der Waals surface area contributed by atoms with Crippen molar-refractivity contribution in [2.75, 3.05) is 6.54 Å². The molecule has 0 radical (unpaired) electrons. The van der Waals surface area contributed by atoms with Gasteiger partial charge in [-0.05, 0) is 51.4 Å². The quantitative estimate of drug-likeness (QED) is 0.927. The van der Waals surface area contributed by atoms with Gasteiger partial charge in [-0.2, -0.15) is 0 Å². The van der Waals surface area contributed by atoms with Gasteiger partial charge in [-0.15, -0.1) is 10.2 Å². The fraction of sp³-hybridized carbons (Fsp3) is 0.882. The number of nitrogens with two attached hydrogens (primary N) is 1. The fourth-order valence-corrected chi connectivity index (χ4v) is 4.34. The highest BCUT2D eigenvalue weighted by atomic mass is 15.3. The smallest absolute Gasteiger partial charge is 0.140 e. The van der Waals surface area contributed by atoms with Gasteiger partial charge in [0.25, 0.3) is 0 Å². The van der Waals surface area contributed by atoms with E-state index in [1.54, 1.807) is 0 Å². The molecular formula is C17H30N4. The number of aryl methyl sites for hydroxylation is 1. The molecule has 0 unspecified atom stereocenters. The number of nitrogens with zero attached hydrogens (tertiary/aromatic N) is 3. The predicted octanol–water partition coefficient (Wildman–Crippen LogP) is 3.50. The molecular weight excluding hydrogens is 260 g/mol. The summed E-state index contributed by atoms with van der Waals surface area (Å²) in [6.07, 6.45) is 11.5. The Bertz CT molecular complexity index is 465. The van der Waals surface area contributed by atoms with Crippen molar-refractivity contribution in [1.82, 2.24) is 14.8 Å². The minimum absolute atomic E-state index is 0.0746. The highest BCUT2D eigenvalue weighted by molar-refractivity contribution is 5.14. The summed E-state index contributed by atoms with van der Waals surface area (Å²) in [4.78, 5) is 0. The first-order valence-electron chi connectivity index (χ1n) is 8.78. The summed E-state index contributed by atoms with van der Waals surface area (Å²) in [6, 6.07) is 0.603. The summed E-state index contributed by atoms with van der Waals surface area (Å²) < 4.78 is 2.46. The van der Waals surface area contributed by atoms with Gasteiger partial charge in [-0.25, -0.2) is 0 Å². The lowest BCUT2D eigenvalue weighted by atomic mass is 9.70. The molecule has 2 aliphatic rings. The Morgan fingerprint density at radius 2 is 1.76 bits per heavy atom. The second kappa shape index (κ2) is 6.07. The third-order valence-electron chi connectivity index (χ3n) is 5.90. The SMILES string of the molecule is Cc1nnc(C2(CN)CCC(C)CC2)n1C1CCCCC1. The molecule has 0 saturated heterocycles. The van der Waals surface area contributed by atoms with E-state index in [1.165, 1.54) is 63.6 Å². The molecule has 1 aromatic rings. The summed E-state index contributed by atoms with van der Waals surface area (Å²) in [5, 5.41) is 9.05. The molecule has 0 atom stereocenters. The van der Waals surface area contributed by atoms with Crippen LogP contribution in [-0.4, -0.2) is 21.3 Å². The molecule has 2 saturated carbocycles. The molecule has 2 aliphatic carbocycles. The fourth-order valence-electron chi connectivity index (χ4n) is 4.34. The van der Waals surface area contributed by atoms with Crippen molar-refractivity contribution in [1.29, 1.82) is 0 Å². The van der Waals surface area contributed by atoms with Crippen LogP contribution < -0.4 is 5.73 Å². The molecule has 0 spiro atoms. The van der Waals surface area contributed by atoms with E-state index in [0.29, 0.717) is 12.6 Å². The third kappa shape index (κ3) is 2.75. The van der Waals surface area contributed by atoms with Crippen LogP contribution in [0, 0.1) is 12.8 Å². The Kier molecular flexibility index (Phi) is 4.34. The average Bonchev–Trinajstić information content (AvgIpc) is 2.92.